The molecule has 100 valence electrons. The Morgan fingerprint density at radius 3 is 2.65 bits per heavy atom. The molecule has 2 N–H and O–H groups in total. The molecule has 0 bridgehead atoms. The van der Waals surface area contributed by atoms with Gasteiger partial charge in [0.25, 0.3) is 0 Å². The molecule has 17 heavy (non-hydrogen) atoms. The predicted molar refractivity (Wildman–Crippen MR) is 87.6 cm³/mol. The highest BCUT2D eigenvalue weighted by Crippen LogP contribution is 2.44. The van der Waals surface area contributed by atoms with Gasteiger partial charge in [-0.25, -0.2) is 0 Å². The molecular weight excluding hydrogens is 345 g/mol. The van der Waals surface area contributed by atoms with E-state index in [0.717, 1.165) is 17.8 Å². The van der Waals surface area contributed by atoms with Gasteiger partial charge in [0.2, 0.25) is 0 Å². The van der Waals surface area contributed by atoms with Crippen molar-refractivity contribution in [3.63, 3.8) is 0 Å². The molecule has 0 spiro atoms. The Hall–Kier alpha value is 0.350. The van der Waals surface area contributed by atoms with Crippen molar-refractivity contribution in [3.8, 4) is 0 Å². The molecule has 2 aliphatic rings. The molecule has 2 atom stereocenters. The fraction of sp³-hybridized carbons (Fsp3) is 0.917. The molecule has 0 amide bonds. The summed E-state index contributed by atoms with van der Waals surface area (Å²) in [5, 5.41) is 7.71. The third kappa shape index (κ3) is 4.50. The van der Waals surface area contributed by atoms with Crippen LogP contribution in [0, 0.1) is 5.41 Å². The van der Waals surface area contributed by atoms with Gasteiger partial charge in [0, 0.05) is 24.9 Å². The normalized spacial score (nSPS) is 30.6. The maximum Gasteiger partial charge on any atom is 0.191 e. The van der Waals surface area contributed by atoms with Crippen LogP contribution >= 0.6 is 35.7 Å². The van der Waals surface area contributed by atoms with Gasteiger partial charge < -0.3 is 10.6 Å². The summed E-state index contributed by atoms with van der Waals surface area (Å²) in [5.74, 6) is 2.30. The molecule has 5 heteroatoms. The lowest BCUT2D eigenvalue weighted by Crippen LogP contribution is -2.42. The third-order valence-corrected chi connectivity index (χ3v) is 4.97. The van der Waals surface area contributed by atoms with Gasteiger partial charge in [0.15, 0.2) is 5.96 Å². The molecule has 3 nitrogen and oxygen atoms in total. The van der Waals surface area contributed by atoms with Crippen molar-refractivity contribution in [3.05, 3.63) is 0 Å². The van der Waals surface area contributed by atoms with Crippen LogP contribution in [0.5, 0.6) is 0 Å². The van der Waals surface area contributed by atoms with E-state index < -0.39 is 0 Å². The van der Waals surface area contributed by atoms with Gasteiger partial charge in [-0.1, -0.05) is 13.8 Å². The van der Waals surface area contributed by atoms with Crippen LogP contribution in [0.15, 0.2) is 4.99 Å². The van der Waals surface area contributed by atoms with Crippen LogP contribution in [0.25, 0.3) is 0 Å². The number of rotatable bonds is 3. The van der Waals surface area contributed by atoms with Crippen LogP contribution in [0.4, 0.5) is 0 Å². The number of nitrogens with zero attached hydrogens (tertiary/aromatic N) is 1. The van der Waals surface area contributed by atoms with Gasteiger partial charge in [-0.05, 0) is 30.4 Å². The minimum atomic E-state index is 0. The Labute approximate surface area is 126 Å². The highest BCUT2D eigenvalue weighted by Gasteiger charge is 2.46. The Morgan fingerprint density at radius 2 is 2.18 bits per heavy atom. The Bertz CT molecular complexity index is 275. The molecule has 1 aliphatic heterocycles. The predicted octanol–water partition coefficient (Wildman–Crippen LogP) is 2.46. The summed E-state index contributed by atoms with van der Waals surface area (Å²) in [6, 6.07) is 0.606. The first kappa shape index (κ1) is 15.4. The average molecular weight is 369 g/mol. The van der Waals surface area contributed by atoms with E-state index in [0.29, 0.717) is 11.5 Å². The van der Waals surface area contributed by atoms with E-state index >= 15 is 0 Å². The van der Waals surface area contributed by atoms with Crippen LogP contribution in [0.1, 0.15) is 33.1 Å². The number of guanidine groups is 1. The number of nitrogens with one attached hydrogen (secondary N) is 2. The quantitative estimate of drug-likeness (QED) is 0.456. The van der Waals surface area contributed by atoms with Crippen LogP contribution in [-0.2, 0) is 0 Å². The monoisotopic (exact) mass is 369 g/mol. The zero-order valence-corrected chi connectivity index (χ0v) is 14.1. The minimum absolute atomic E-state index is 0. The van der Waals surface area contributed by atoms with E-state index in [2.05, 4.69) is 41.2 Å². The van der Waals surface area contributed by atoms with E-state index in [4.69, 9.17) is 0 Å². The molecule has 1 saturated heterocycles. The highest BCUT2D eigenvalue weighted by atomic mass is 127. The van der Waals surface area contributed by atoms with Crippen molar-refractivity contribution >= 4 is 41.7 Å². The Kier molecular flexibility index (Phi) is 5.89. The fourth-order valence-electron chi connectivity index (χ4n) is 2.09. The van der Waals surface area contributed by atoms with Gasteiger partial charge >= 0.3 is 0 Å². The van der Waals surface area contributed by atoms with Crippen molar-refractivity contribution < 1.29 is 0 Å². The van der Waals surface area contributed by atoms with Crippen LogP contribution in [0.3, 0.4) is 0 Å². The summed E-state index contributed by atoms with van der Waals surface area (Å²) in [4.78, 5) is 4.28. The van der Waals surface area contributed by atoms with Gasteiger partial charge in [0.1, 0.15) is 0 Å². The van der Waals surface area contributed by atoms with Crippen molar-refractivity contribution in [1.82, 2.24) is 10.6 Å². The lowest BCUT2D eigenvalue weighted by molar-refractivity contribution is 0.588. The molecular formula is C12H24IN3S. The third-order valence-electron chi connectivity index (χ3n) is 3.57. The summed E-state index contributed by atoms with van der Waals surface area (Å²) in [6.07, 6.45) is 3.98. The van der Waals surface area contributed by atoms with E-state index in [9.17, 15) is 0 Å². The lowest BCUT2D eigenvalue weighted by atomic mass is 10.2. The molecule has 0 radical (unpaired) electrons. The summed E-state index contributed by atoms with van der Waals surface area (Å²) in [7, 11) is 1.85. The zero-order chi connectivity index (χ0) is 11.6. The Morgan fingerprint density at radius 1 is 1.47 bits per heavy atom. The molecule has 2 rings (SSSR count). The van der Waals surface area contributed by atoms with Crippen molar-refractivity contribution in [1.29, 1.82) is 0 Å². The fourth-order valence-corrected chi connectivity index (χ4v) is 3.29. The molecule has 1 heterocycles. The number of thioether (sulfide) groups is 1. The first-order chi connectivity index (χ1) is 7.62. The zero-order valence-electron chi connectivity index (χ0n) is 11.0. The number of hydrogen-bond acceptors (Lipinski definition) is 2. The summed E-state index contributed by atoms with van der Waals surface area (Å²) < 4.78 is 0. The first-order valence-electron chi connectivity index (χ1n) is 6.20. The molecule has 0 aromatic heterocycles. The lowest BCUT2D eigenvalue weighted by Gasteiger charge is -2.15. The molecule has 1 saturated carbocycles. The molecule has 0 aromatic rings. The van der Waals surface area contributed by atoms with Crippen LogP contribution in [0.2, 0.25) is 0 Å². The number of aliphatic imine (C=N–C) groups is 1. The summed E-state index contributed by atoms with van der Waals surface area (Å²) in [5.41, 5.74) is 0.458. The van der Waals surface area contributed by atoms with E-state index in [-0.39, 0.29) is 24.0 Å². The SMILES string of the molecule is CN=C(NCC1CCCS1)NC1CC1(C)C.I. The maximum atomic E-state index is 4.28. The van der Waals surface area contributed by atoms with E-state index in [1.165, 1.54) is 25.0 Å². The van der Waals surface area contributed by atoms with E-state index in [1.807, 2.05) is 7.05 Å². The molecule has 2 fully saturated rings. The first-order valence-corrected chi connectivity index (χ1v) is 7.25. The molecule has 0 aromatic carbocycles. The van der Waals surface area contributed by atoms with Crippen LogP contribution < -0.4 is 10.6 Å². The van der Waals surface area contributed by atoms with Crippen molar-refractivity contribution in [2.45, 2.75) is 44.4 Å². The second kappa shape index (κ2) is 6.50. The van der Waals surface area contributed by atoms with Crippen LogP contribution in [-0.4, -0.2) is 36.6 Å². The van der Waals surface area contributed by atoms with Gasteiger partial charge in [-0.3, -0.25) is 4.99 Å². The maximum absolute atomic E-state index is 4.28. The van der Waals surface area contributed by atoms with Gasteiger partial charge in [-0.2, -0.15) is 11.8 Å². The van der Waals surface area contributed by atoms with Crippen molar-refractivity contribution in [2.24, 2.45) is 10.4 Å². The topological polar surface area (TPSA) is 36.4 Å². The summed E-state index contributed by atoms with van der Waals surface area (Å²) >= 11 is 2.08. The van der Waals surface area contributed by atoms with Gasteiger partial charge in [0.05, 0.1) is 0 Å². The van der Waals surface area contributed by atoms with Crippen molar-refractivity contribution in [2.75, 3.05) is 19.3 Å². The van der Waals surface area contributed by atoms with E-state index in [1.54, 1.807) is 0 Å². The second-order valence-electron chi connectivity index (χ2n) is 5.48. The smallest absolute Gasteiger partial charge is 0.191 e. The minimum Gasteiger partial charge on any atom is -0.355 e. The van der Waals surface area contributed by atoms with Gasteiger partial charge in [-0.15, -0.1) is 24.0 Å². The standard InChI is InChI=1S/C12H23N3S.HI/c1-12(2)7-10(12)15-11(13-3)14-8-9-5-4-6-16-9;/h9-10H,4-8H2,1-3H3,(H2,13,14,15);1H. The molecule has 1 aliphatic carbocycles. The number of hydrogen-bond donors (Lipinski definition) is 2. The molecule has 2 unspecified atom stereocenters. The summed E-state index contributed by atoms with van der Waals surface area (Å²) in [6.45, 7) is 5.65. The largest absolute Gasteiger partial charge is 0.355 e. The second-order valence-corrected chi connectivity index (χ2v) is 6.89. The average Bonchev–Trinajstić information content (AvgIpc) is 2.71. The Balaban J connectivity index is 0.00000144. The number of halogens is 1. The highest BCUT2D eigenvalue weighted by molar-refractivity contribution is 14.0.